The van der Waals surface area contributed by atoms with Gasteiger partial charge in [-0.15, -0.1) is 0 Å². The minimum absolute atomic E-state index is 0.0112. The summed E-state index contributed by atoms with van der Waals surface area (Å²) in [5.74, 6) is -0.315. The van der Waals surface area contributed by atoms with Crippen LogP contribution in [0.15, 0.2) is 18.2 Å². The van der Waals surface area contributed by atoms with Crippen LogP contribution < -0.4 is 0 Å². The topological polar surface area (TPSA) is 70.0 Å². The second-order valence-corrected chi connectivity index (χ2v) is 3.98. The summed E-state index contributed by atoms with van der Waals surface area (Å²) < 4.78 is 4.92. The van der Waals surface area contributed by atoms with E-state index < -0.39 is 0 Å². The Kier molecular flexibility index (Phi) is 5.61. The Labute approximate surface area is 107 Å². The average molecular weight is 253 g/mol. The number of phenols is 1. The number of methoxy groups -OCH3 is 1. The van der Waals surface area contributed by atoms with Crippen molar-refractivity contribution < 1.29 is 19.7 Å². The number of carbonyl (C=O) groups excluding carboxylic acids is 1. The van der Waals surface area contributed by atoms with Gasteiger partial charge in [0.1, 0.15) is 5.75 Å². The van der Waals surface area contributed by atoms with Gasteiger partial charge in [0.05, 0.1) is 18.8 Å². The molecule has 0 radical (unpaired) electrons. The van der Waals surface area contributed by atoms with Crippen LogP contribution in [0.25, 0.3) is 0 Å². The third-order valence-electron chi connectivity index (χ3n) is 2.69. The zero-order valence-corrected chi connectivity index (χ0v) is 10.7. The van der Waals surface area contributed by atoms with Gasteiger partial charge in [-0.05, 0) is 18.6 Å². The first kappa shape index (κ1) is 14.5. The summed E-state index contributed by atoms with van der Waals surface area (Å²) in [4.78, 5) is 13.7. The number of rotatable bonds is 6. The lowest BCUT2D eigenvalue weighted by atomic mass is 10.1. The maximum Gasteiger partial charge on any atom is 0.257 e. The van der Waals surface area contributed by atoms with E-state index in [1.165, 1.54) is 4.90 Å². The normalized spacial score (nSPS) is 10.4. The third-order valence-corrected chi connectivity index (χ3v) is 2.69. The number of amides is 1. The Morgan fingerprint density at radius 2 is 2.11 bits per heavy atom. The maximum absolute atomic E-state index is 12.2. The Morgan fingerprint density at radius 3 is 2.72 bits per heavy atom. The van der Waals surface area contributed by atoms with Gasteiger partial charge in [-0.2, -0.15) is 0 Å². The summed E-state index contributed by atoms with van der Waals surface area (Å²) in [6.45, 7) is 2.59. The molecule has 0 saturated heterocycles. The number of phenolic OH excluding ortho intramolecular Hbond substituents is 1. The number of benzene rings is 1. The van der Waals surface area contributed by atoms with E-state index >= 15 is 0 Å². The summed E-state index contributed by atoms with van der Waals surface area (Å²) in [5, 5.41) is 18.8. The van der Waals surface area contributed by atoms with E-state index in [2.05, 4.69) is 0 Å². The largest absolute Gasteiger partial charge is 0.507 e. The van der Waals surface area contributed by atoms with Crippen molar-refractivity contribution in [3.8, 4) is 5.75 Å². The number of hydrogen-bond donors (Lipinski definition) is 2. The van der Waals surface area contributed by atoms with Gasteiger partial charge in [0.2, 0.25) is 0 Å². The van der Waals surface area contributed by atoms with Crippen molar-refractivity contribution >= 4 is 5.91 Å². The molecule has 0 aliphatic heterocycles. The second kappa shape index (κ2) is 6.98. The predicted octanol–water partition coefficient (Wildman–Crippen LogP) is 0.782. The van der Waals surface area contributed by atoms with E-state index in [0.717, 1.165) is 0 Å². The van der Waals surface area contributed by atoms with Gasteiger partial charge in [-0.3, -0.25) is 4.79 Å². The summed E-state index contributed by atoms with van der Waals surface area (Å²) in [5.41, 5.74) is 0.899. The fraction of sp³-hybridized carbons (Fsp3) is 0.462. The van der Waals surface area contributed by atoms with Crippen LogP contribution in [-0.4, -0.2) is 54.4 Å². The molecule has 5 nitrogen and oxygen atoms in total. The van der Waals surface area contributed by atoms with Crippen LogP contribution in [0.1, 0.15) is 15.9 Å². The van der Waals surface area contributed by atoms with Gasteiger partial charge in [-0.1, -0.05) is 12.1 Å². The van der Waals surface area contributed by atoms with E-state index in [1.54, 1.807) is 32.2 Å². The molecule has 18 heavy (non-hydrogen) atoms. The quantitative estimate of drug-likeness (QED) is 0.786. The van der Waals surface area contributed by atoms with Crippen molar-refractivity contribution in [2.24, 2.45) is 0 Å². The molecule has 1 aromatic carbocycles. The van der Waals surface area contributed by atoms with Crippen molar-refractivity contribution in [1.82, 2.24) is 4.90 Å². The van der Waals surface area contributed by atoms with Crippen LogP contribution in [0.3, 0.4) is 0 Å². The molecule has 100 valence electrons. The molecular formula is C13H19NO4. The molecule has 0 unspecified atom stereocenters. The number of aromatic hydroxyl groups is 1. The van der Waals surface area contributed by atoms with Crippen molar-refractivity contribution in [1.29, 1.82) is 0 Å². The predicted molar refractivity (Wildman–Crippen MR) is 67.7 cm³/mol. The number of aliphatic hydroxyl groups excluding tert-OH is 1. The Morgan fingerprint density at radius 1 is 1.39 bits per heavy atom. The second-order valence-electron chi connectivity index (χ2n) is 3.98. The SMILES string of the molecule is COCCN(CCO)C(=O)c1cccc(C)c1O. The zero-order valence-electron chi connectivity index (χ0n) is 10.7. The van der Waals surface area contributed by atoms with Gasteiger partial charge < -0.3 is 19.8 Å². The number of nitrogens with zero attached hydrogens (tertiary/aromatic N) is 1. The lowest BCUT2D eigenvalue weighted by Gasteiger charge is -2.22. The molecule has 1 amide bonds. The Hall–Kier alpha value is -1.59. The van der Waals surface area contributed by atoms with Crippen molar-refractivity contribution in [2.75, 3.05) is 33.4 Å². The number of aryl methyl sites for hydroxylation is 1. The summed E-state index contributed by atoms with van der Waals surface area (Å²) in [6.07, 6.45) is 0. The molecule has 0 bridgehead atoms. The smallest absolute Gasteiger partial charge is 0.257 e. The molecule has 0 atom stereocenters. The van der Waals surface area contributed by atoms with E-state index in [0.29, 0.717) is 18.7 Å². The van der Waals surface area contributed by atoms with Gasteiger partial charge in [-0.25, -0.2) is 0 Å². The first-order chi connectivity index (χ1) is 8.61. The third kappa shape index (κ3) is 3.45. The number of ether oxygens (including phenoxy) is 1. The minimum Gasteiger partial charge on any atom is -0.507 e. The van der Waals surface area contributed by atoms with Crippen LogP contribution in [0.2, 0.25) is 0 Å². The van der Waals surface area contributed by atoms with Crippen molar-refractivity contribution in [3.63, 3.8) is 0 Å². The standard InChI is InChI=1S/C13H19NO4/c1-10-4-3-5-11(12(10)16)13(17)14(6-8-15)7-9-18-2/h3-5,15-16H,6-9H2,1-2H3. The lowest BCUT2D eigenvalue weighted by molar-refractivity contribution is 0.0653. The fourth-order valence-electron chi connectivity index (χ4n) is 1.64. The van der Waals surface area contributed by atoms with E-state index in [4.69, 9.17) is 9.84 Å². The number of hydrogen-bond acceptors (Lipinski definition) is 4. The average Bonchev–Trinajstić information content (AvgIpc) is 2.37. The van der Waals surface area contributed by atoms with Crippen LogP contribution in [0.5, 0.6) is 5.75 Å². The number of aliphatic hydroxyl groups is 1. The Balaban J connectivity index is 2.90. The highest BCUT2D eigenvalue weighted by molar-refractivity contribution is 5.97. The van der Waals surface area contributed by atoms with E-state index in [9.17, 15) is 9.90 Å². The van der Waals surface area contributed by atoms with Gasteiger partial charge in [0, 0.05) is 20.2 Å². The summed E-state index contributed by atoms with van der Waals surface area (Å²) >= 11 is 0. The molecule has 0 aliphatic carbocycles. The van der Waals surface area contributed by atoms with Crippen molar-refractivity contribution in [3.05, 3.63) is 29.3 Å². The highest BCUT2D eigenvalue weighted by Crippen LogP contribution is 2.22. The molecule has 5 heteroatoms. The summed E-state index contributed by atoms with van der Waals surface area (Å²) in [7, 11) is 1.55. The highest BCUT2D eigenvalue weighted by Gasteiger charge is 2.18. The lowest BCUT2D eigenvalue weighted by Crippen LogP contribution is -2.36. The monoisotopic (exact) mass is 253 g/mol. The molecule has 0 fully saturated rings. The van der Waals surface area contributed by atoms with Gasteiger partial charge >= 0.3 is 0 Å². The molecule has 1 aromatic rings. The molecule has 0 spiro atoms. The number of carbonyl (C=O) groups is 1. The fourth-order valence-corrected chi connectivity index (χ4v) is 1.64. The van der Waals surface area contributed by atoms with Crippen LogP contribution in [0, 0.1) is 6.92 Å². The van der Waals surface area contributed by atoms with Crippen molar-refractivity contribution in [2.45, 2.75) is 6.92 Å². The highest BCUT2D eigenvalue weighted by atomic mass is 16.5. The van der Waals surface area contributed by atoms with Crippen LogP contribution in [0.4, 0.5) is 0 Å². The first-order valence-corrected chi connectivity index (χ1v) is 5.79. The molecular weight excluding hydrogens is 234 g/mol. The molecule has 2 N–H and O–H groups in total. The minimum atomic E-state index is -0.303. The zero-order chi connectivity index (χ0) is 13.5. The van der Waals surface area contributed by atoms with Gasteiger partial charge in [0.15, 0.2) is 0 Å². The first-order valence-electron chi connectivity index (χ1n) is 5.79. The maximum atomic E-state index is 12.2. The summed E-state index contributed by atoms with van der Waals surface area (Å²) in [6, 6.07) is 5.02. The molecule has 0 saturated carbocycles. The van der Waals surface area contributed by atoms with Crippen LogP contribution in [-0.2, 0) is 4.74 Å². The molecule has 1 rings (SSSR count). The van der Waals surface area contributed by atoms with Gasteiger partial charge in [0.25, 0.3) is 5.91 Å². The molecule has 0 heterocycles. The number of para-hydroxylation sites is 1. The van der Waals surface area contributed by atoms with E-state index in [1.807, 2.05) is 0 Å². The Bertz CT molecular complexity index is 406. The molecule has 0 aliphatic rings. The molecule has 0 aromatic heterocycles. The van der Waals surface area contributed by atoms with E-state index in [-0.39, 0.29) is 30.4 Å². The van der Waals surface area contributed by atoms with Crippen LogP contribution >= 0.6 is 0 Å².